The highest BCUT2D eigenvalue weighted by Crippen LogP contribution is 2.25. The zero-order chi connectivity index (χ0) is 24.2. The van der Waals surface area contributed by atoms with Crippen LogP contribution in [0.2, 0.25) is 0 Å². The van der Waals surface area contributed by atoms with E-state index in [1.165, 1.54) is 12.4 Å². The molecule has 2 amide bonds. The van der Waals surface area contributed by atoms with E-state index < -0.39 is 6.04 Å². The van der Waals surface area contributed by atoms with E-state index in [2.05, 4.69) is 15.0 Å². The van der Waals surface area contributed by atoms with E-state index >= 15 is 0 Å². The van der Waals surface area contributed by atoms with E-state index in [-0.39, 0.29) is 17.9 Å². The monoisotopic (exact) mass is 459 g/mol. The highest BCUT2D eigenvalue weighted by Gasteiger charge is 2.39. The summed E-state index contributed by atoms with van der Waals surface area (Å²) in [5.74, 6) is 0.620. The molecule has 34 heavy (non-hydrogen) atoms. The number of carbonyl (C=O) groups excluding carboxylic acids is 2. The van der Waals surface area contributed by atoms with Crippen LogP contribution >= 0.6 is 0 Å². The minimum absolute atomic E-state index is 0.0428. The van der Waals surface area contributed by atoms with Crippen molar-refractivity contribution in [2.75, 3.05) is 18.0 Å². The van der Waals surface area contributed by atoms with Gasteiger partial charge in [-0.2, -0.15) is 0 Å². The Morgan fingerprint density at radius 1 is 1.18 bits per heavy atom. The zero-order valence-electron chi connectivity index (χ0n) is 19.4. The van der Waals surface area contributed by atoms with Gasteiger partial charge in [0.25, 0.3) is 0 Å². The number of benzene rings is 1. The lowest BCUT2D eigenvalue weighted by Gasteiger charge is -2.44. The molecular formula is C25H29N7O2. The fourth-order valence-corrected chi connectivity index (χ4v) is 4.28. The second-order valence-electron chi connectivity index (χ2n) is 8.57. The SMILES string of the molecule is CCCC1C(=O)N(Cc2ccc3c(N)ncnc3c2)C(C)CN1C(=O)C=Cc1ccc(N)nc1. The summed E-state index contributed by atoms with van der Waals surface area (Å²) in [6, 6.07) is 8.60. The van der Waals surface area contributed by atoms with Crippen LogP contribution in [-0.2, 0) is 16.1 Å². The van der Waals surface area contributed by atoms with Crippen LogP contribution in [0, 0.1) is 0 Å². The van der Waals surface area contributed by atoms with Crippen molar-refractivity contribution in [2.24, 2.45) is 0 Å². The van der Waals surface area contributed by atoms with Crippen molar-refractivity contribution >= 4 is 40.4 Å². The van der Waals surface area contributed by atoms with E-state index in [1.54, 1.807) is 29.3 Å². The Kier molecular flexibility index (Phi) is 6.72. The summed E-state index contributed by atoms with van der Waals surface area (Å²) in [5.41, 5.74) is 14.0. The van der Waals surface area contributed by atoms with E-state index in [4.69, 9.17) is 11.5 Å². The second-order valence-corrected chi connectivity index (χ2v) is 8.57. The number of pyridine rings is 1. The summed E-state index contributed by atoms with van der Waals surface area (Å²) in [7, 11) is 0. The van der Waals surface area contributed by atoms with Gasteiger partial charge in [-0.3, -0.25) is 9.59 Å². The molecule has 4 rings (SSSR count). The molecule has 0 saturated carbocycles. The number of nitrogens with two attached hydrogens (primary N) is 2. The molecule has 9 heteroatoms. The molecule has 4 N–H and O–H groups in total. The first-order valence-electron chi connectivity index (χ1n) is 11.4. The maximum absolute atomic E-state index is 13.5. The number of piperazine rings is 1. The highest BCUT2D eigenvalue weighted by atomic mass is 16.2. The largest absolute Gasteiger partial charge is 0.384 e. The lowest BCUT2D eigenvalue weighted by Crippen LogP contribution is -2.61. The lowest BCUT2D eigenvalue weighted by molar-refractivity contribution is -0.153. The highest BCUT2D eigenvalue weighted by molar-refractivity contribution is 5.96. The number of anilines is 2. The first-order chi connectivity index (χ1) is 16.4. The maximum Gasteiger partial charge on any atom is 0.247 e. The number of hydrogen-bond donors (Lipinski definition) is 2. The van der Waals surface area contributed by atoms with Crippen LogP contribution in [0.25, 0.3) is 17.0 Å². The molecule has 2 aromatic heterocycles. The smallest absolute Gasteiger partial charge is 0.247 e. The van der Waals surface area contributed by atoms with Gasteiger partial charge in [-0.05, 0) is 54.8 Å². The predicted octanol–water partition coefficient (Wildman–Crippen LogP) is 2.63. The fourth-order valence-electron chi connectivity index (χ4n) is 4.28. The van der Waals surface area contributed by atoms with Crippen molar-refractivity contribution in [1.82, 2.24) is 24.8 Å². The van der Waals surface area contributed by atoms with E-state index in [0.717, 1.165) is 28.5 Å². The van der Waals surface area contributed by atoms with Crippen LogP contribution in [0.1, 0.15) is 37.8 Å². The molecule has 1 fully saturated rings. The molecule has 0 radical (unpaired) electrons. The topological polar surface area (TPSA) is 131 Å². The Labute approximate surface area is 198 Å². The van der Waals surface area contributed by atoms with Crippen molar-refractivity contribution in [3.63, 3.8) is 0 Å². The molecule has 176 valence electrons. The first-order valence-corrected chi connectivity index (χ1v) is 11.4. The van der Waals surface area contributed by atoms with Crippen molar-refractivity contribution in [1.29, 1.82) is 0 Å². The van der Waals surface area contributed by atoms with Gasteiger partial charge < -0.3 is 21.3 Å². The molecule has 0 bridgehead atoms. The van der Waals surface area contributed by atoms with Crippen LogP contribution < -0.4 is 11.5 Å². The number of amides is 2. The summed E-state index contributed by atoms with van der Waals surface area (Å²) < 4.78 is 0. The zero-order valence-corrected chi connectivity index (χ0v) is 19.4. The Morgan fingerprint density at radius 2 is 2.00 bits per heavy atom. The van der Waals surface area contributed by atoms with Gasteiger partial charge in [-0.1, -0.05) is 19.4 Å². The quantitative estimate of drug-likeness (QED) is 0.542. The molecule has 1 saturated heterocycles. The number of nitrogens with zero attached hydrogens (tertiary/aromatic N) is 5. The van der Waals surface area contributed by atoms with Gasteiger partial charge in [-0.15, -0.1) is 0 Å². The minimum Gasteiger partial charge on any atom is -0.384 e. The van der Waals surface area contributed by atoms with Gasteiger partial charge in [-0.25, -0.2) is 15.0 Å². The Bertz CT molecular complexity index is 1230. The number of aromatic nitrogens is 3. The van der Waals surface area contributed by atoms with Crippen molar-refractivity contribution in [3.05, 3.63) is 60.1 Å². The number of fused-ring (bicyclic) bond motifs is 1. The molecule has 0 aliphatic carbocycles. The summed E-state index contributed by atoms with van der Waals surface area (Å²) in [6.07, 6.45) is 7.63. The number of carbonyl (C=O) groups is 2. The molecule has 9 nitrogen and oxygen atoms in total. The van der Waals surface area contributed by atoms with Gasteiger partial charge in [0, 0.05) is 36.8 Å². The molecule has 2 unspecified atom stereocenters. The minimum atomic E-state index is -0.499. The van der Waals surface area contributed by atoms with Crippen LogP contribution in [0.3, 0.4) is 0 Å². The Balaban J connectivity index is 1.52. The standard InChI is InChI=1S/C25H29N7O2/c1-3-4-21-25(34)31(14-18-5-8-19-20(11-18)29-15-30-24(19)27)16(2)13-32(21)23(33)10-7-17-6-9-22(26)28-12-17/h5-12,15-16,21H,3-4,13-14H2,1-2H3,(H2,26,28)(H2,27,29,30). The van der Waals surface area contributed by atoms with Crippen LogP contribution in [-0.4, -0.2) is 55.2 Å². The lowest BCUT2D eigenvalue weighted by atomic mass is 10.0. The van der Waals surface area contributed by atoms with Crippen LogP contribution in [0.15, 0.2) is 48.9 Å². The summed E-state index contributed by atoms with van der Waals surface area (Å²) in [4.78, 5) is 42.5. The molecule has 1 aliphatic rings. The molecule has 3 aromatic rings. The molecule has 2 atom stereocenters. The van der Waals surface area contributed by atoms with Gasteiger partial charge >= 0.3 is 0 Å². The molecule has 3 heterocycles. The average Bonchev–Trinajstić information content (AvgIpc) is 2.83. The third kappa shape index (κ3) is 4.83. The fraction of sp³-hybridized carbons (Fsp3) is 0.320. The van der Waals surface area contributed by atoms with Crippen LogP contribution in [0.4, 0.5) is 11.6 Å². The van der Waals surface area contributed by atoms with Gasteiger partial charge in [0.15, 0.2) is 0 Å². The Morgan fingerprint density at radius 3 is 2.74 bits per heavy atom. The number of hydrogen-bond acceptors (Lipinski definition) is 7. The van der Waals surface area contributed by atoms with Gasteiger partial charge in [0.2, 0.25) is 11.8 Å². The summed E-state index contributed by atoms with van der Waals surface area (Å²) >= 11 is 0. The third-order valence-electron chi connectivity index (χ3n) is 6.09. The van der Waals surface area contributed by atoms with Gasteiger partial charge in [0.05, 0.1) is 5.52 Å². The normalized spacial score (nSPS) is 18.7. The Hall–Kier alpha value is -4.01. The summed E-state index contributed by atoms with van der Waals surface area (Å²) in [6.45, 7) is 4.88. The summed E-state index contributed by atoms with van der Waals surface area (Å²) in [5, 5.41) is 0.785. The third-order valence-corrected chi connectivity index (χ3v) is 6.09. The van der Waals surface area contributed by atoms with E-state index in [1.807, 2.05) is 36.9 Å². The van der Waals surface area contributed by atoms with Crippen molar-refractivity contribution in [2.45, 2.75) is 45.3 Å². The molecular weight excluding hydrogens is 430 g/mol. The number of nitrogen functional groups attached to an aromatic ring is 2. The molecule has 0 spiro atoms. The van der Waals surface area contributed by atoms with E-state index in [0.29, 0.717) is 31.1 Å². The van der Waals surface area contributed by atoms with E-state index in [9.17, 15) is 9.59 Å². The van der Waals surface area contributed by atoms with Crippen LogP contribution in [0.5, 0.6) is 0 Å². The predicted molar refractivity (Wildman–Crippen MR) is 132 cm³/mol. The number of rotatable bonds is 6. The molecule has 1 aliphatic heterocycles. The molecule has 1 aromatic carbocycles. The average molecular weight is 460 g/mol. The van der Waals surface area contributed by atoms with Crippen molar-refractivity contribution < 1.29 is 9.59 Å². The second kappa shape index (κ2) is 9.86. The maximum atomic E-state index is 13.5. The van der Waals surface area contributed by atoms with Crippen molar-refractivity contribution in [3.8, 4) is 0 Å². The first kappa shape index (κ1) is 23.2. The van der Waals surface area contributed by atoms with Gasteiger partial charge in [0.1, 0.15) is 24.0 Å².